The SMILES string of the molecule is Cc1cccc(-n2c(C)nnc2S[C@@H](C[N+](=O)[O-])c2cc(Br)ccc2OCc2ccccc2)c1. The maximum Gasteiger partial charge on any atom is 0.220 e. The van der Waals surface area contributed by atoms with E-state index in [9.17, 15) is 10.1 Å². The molecule has 1 aromatic heterocycles. The predicted octanol–water partition coefficient (Wildman–Crippen LogP) is 6.34. The minimum Gasteiger partial charge on any atom is -0.489 e. The Hall–Kier alpha value is -3.17. The lowest BCUT2D eigenvalue weighted by Crippen LogP contribution is -2.12. The Bertz CT molecular complexity index is 1300. The van der Waals surface area contributed by atoms with Gasteiger partial charge in [0.05, 0.1) is 0 Å². The fourth-order valence-electron chi connectivity index (χ4n) is 3.58. The van der Waals surface area contributed by atoms with Crippen LogP contribution < -0.4 is 4.74 Å². The van der Waals surface area contributed by atoms with E-state index in [-0.39, 0.29) is 11.5 Å². The molecule has 0 saturated heterocycles. The van der Waals surface area contributed by atoms with Crippen molar-refractivity contribution in [2.45, 2.75) is 30.9 Å². The van der Waals surface area contributed by atoms with Crippen LogP contribution in [-0.2, 0) is 6.61 Å². The number of aryl methyl sites for hydroxylation is 2. The van der Waals surface area contributed by atoms with Gasteiger partial charge in [0.1, 0.15) is 23.4 Å². The molecule has 0 amide bonds. The highest BCUT2D eigenvalue weighted by Gasteiger charge is 2.27. The molecule has 7 nitrogen and oxygen atoms in total. The molecular weight excluding hydrogens is 516 g/mol. The highest BCUT2D eigenvalue weighted by Crippen LogP contribution is 2.41. The molecule has 174 valence electrons. The van der Waals surface area contributed by atoms with Crippen LogP contribution in [0.4, 0.5) is 0 Å². The van der Waals surface area contributed by atoms with E-state index in [1.807, 2.05) is 91.2 Å². The lowest BCUT2D eigenvalue weighted by atomic mass is 10.1. The van der Waals surface area contributed by atoms with Gasteiger partial charge in [-0.15, -0.1) is 10.2 Å². The zero-order valence-corrected chi connectivity index (χ0v) is 21.1. The molecule has 0 N–H and O–H groups in total. The van der Waals surface area contributed by atoms with Crippen LogP contribution >= 0.6 is 27.7 Å². The summed E-state index contributed by atoms with van der Waals surface area (Å²) in [6.07, 6.45) is 0. The molecule has 0 unspecified atom stereocenters. The van der Waals surface area contributed by atoms with Crippen molar-refractivity contribution in [1.29, 1.82) is 0 Å². The molecule has 0 aliphatic rings. The number of benzene rings is 3. The standard InChI is InChI=1S/C25H23BrN4O3S/c1-17-7-6-10-21(13-17)30-18(2)27-28-25(30)34-24(15-29(31)32)22-14-20(26)11-12-23(22)33-16-19-8-4-3-5-9-19/h3-14,24H,15-16H2,1-2H3/t24-/m0/s1. The molecule has 34 heavy (non-hydrogen) atoms. The van der Waals surface area contributed by atoms with Gasteiger partial charge in [0.2, 0.25) is 6.54 Å². The summed E-state index contributed by atoms with van der Waals surface area (Å²) in [7, 11) is 0. The second-order valence-electron chi connectivity index (χ2n) is 7.78. The van der Waals surface area contributed by atoms with Gasteiger partial charge in [-0.2, -0.15) is 0 Å². The maximum atomic E-state index is 11.7. The number of thioether (sulfide) groups is 1. The largest absolute Gasteiger partial charge is 0.489 e. The highest BCUT2D eigenvalue weighted by molar-refractivity contribution is 9.10. The Kier molecular flexibility index (Phi) is 7.64. The maximum absolute atomic E-state index is 11.7. The number of hydrogen-bond acceptors (Lipinski definition) is 6. The quantitative estimate of drug-likeness (QED) is 0.140. The van der Waals surface area contributed by atoms with Crippen molar-refractivity contribution >= 4 is 27.7 Å². The molecule has 9 heteroatoms. The van der Waals surface area contributed by atoms with Crippen molar-refractivity contribution in [3.05, 3.63) is 110 Å². The molecule has 0 spiro atoms. The van der Waals surface area contributed by atoms with Crippen molar-refractivity contribution in [2.24, 2.45) is 0 Å². The first-order valence-electron chi connectivity index (χ1n) is 10.6. The van der Waals surface area contributed by atoms with Gasteiger partial charge in [-0.25, -0.2) is 0 Å². The first-order valence-corrected chi connectivity index (χ1v) is 12.3. The summed E-state index contributed by atoms with van der Waals surface area (Å²) in [6.45, 7) is 3.96. The zero-order chi connectivity index (χ0) is 24.1. The Morgan fingerprint density at radius 1 is 1.06 bits per heavy atom. The molecule has 0 aliphatic heterocycles. The van der Waals surface area contributed by atoms with Gasteiger partial charge in [0, 0.05) is 20.6 Å². The third-order valence-corrected chi connectivity index (χ3v) is 6.83. The molecule has 0 fully saturated rings. The van der Waals surface area contributed by atoms with E-state index in [2.05, 4.69) is 26.1 Å². The third kappa shape index (κ3) is 5.84. The number of nitro groups is 1. The van der Waals surface area contributed by atoms with E-state index in [1.165, 1.54) is 11.8 Å². The van der Waals surface area contributed by atoms with E-state index in [4.69, 9.17) is 4.74 Å². The molecule has 0 aliphatic carbocycles. The summed E-state index contributed by atoms with van der Waals surface area (Å²) in [5.41, 5.74) is 3.76. The van der Waals surface area contributed by atoms with E-state index in [1.54, 1.807) is 0 Å². The lowest BCUT2D eigenvalue weighted by molar-refractivity contribution is -0.479. The van der Waals surface area contributed by atoms with E-state index in [0.29, 0.717) is 23.3 Å². The molecule has 1 heterocycles. The number of rotatable bonds is 9. The summed E-state index contributed by atoms with van der Waals surface area (Å²) in [5, 5.41) is 20.3. The Balaban J connectivity index is 1.69. The molecular formula is C25H23BrN4O3S. The van der Waals surface area contributed by atoms with Gasteiger partial charge < -0.3 is 4.74 Å². The Morgan fingerprint density at radius 2 is 1.85 bits per heavy atom. The summed E-state index contributed by atoms with van der Waals surface area (Å²) < 4.78 is 8.86. The fraction of sp³-hybridized carbons (Fsp3) is 0.200. The van der Waals surface area contributed by atoms with Crippen molar-refractivity contribution in [3.63, 3.8) is 0 Å². The predicted molar refractivity (Wildman–Crippen MR) is 136 cm³/mol. The van der Waals surface area contributed by atoms with Crippen LogP contribution in [0, 0.1) is 24.0 Å². The number of hydrogen-bond donors (Lipinski definition) is 0. The lowest BCUT2D eigenvalue weighted by Gasteiger charge is -2.18. The molecule has 1 atom stereocenters. The van der Waals surface area contributed by atoms with Gasteiger partial charge in [-0.1, -0.05) is 70.2 Å². The number of aromatic nitrogens is 3. The second kappa shape index (κ2) is 10.8. The van der Waals surface area contributed by atoms with E-state index >= 15 is 0 Å². The molecule has 3 aromatic carbocycles. The summed E-state index contributed by atoms with van der Waals surface area (Å²) in [5.74, 6) is 1.31. The monoisotopic (exact) mass is 538 g/mol. The number of nitrogens with zero attached hydrogens (tertiary/aromatic N) is 4. The Labute approximate surface area is 210 Å². The van der Waals surface area contributed by atoms with Crippen molar-refractivity contribution in [3.8, 4) is 11.4 Å². The van der Waals surface area contributed by atoms with Crippen LogP contribution in [0.2, 0.25) is 0 Å². The third-order valence-electron chi connectivity index (χ3n) is 5.17. The number of ether oxygens (including phenoxy) is 1. The summed E-state index contributed by atoms with van der Waals surface area (Å²) in [6, 6.07) is 23.4. The average Bonchev–Trinajstić information content (AvgIpc) is 3.18. The second-order valence-corrected chi connectivity index (χ2v) is 9.87. The first-order chi connectivity index (χ1) is 16.4. The van der Waals surface area contributed by atoms with Gasteiger partial charge in [0.15, 0.2) is 5.16 Å². The average molecular weight is 539 g/mol. The van der Waals surface area contributed by atoms with Gasteiger partial charge >= 0.3 is 0 Å². The normalized spacial score (nSPS) is 11.9. The van der Waals surface area contributed by atoms with Crippen LogP contribution in [0.5, 0.6) is 5.75 Å². The zero-order valence-electron chi connectivity index (χ0n) is 18.7. The minimum atomic E-state index is -0.537. The molecule has 0 saturated carbocycles. The van der Waals surface area contributed by atoms with Crippen LogP contribution in [0.25, 0.3) is 5.69 Å². The molecule has 0 radical (unpaired) electrons. The van der Waals surface area contributed by atoms with E-state index in [0.717, 1.165) is 26.9 Å². The number of halogens is 1. The summed E-state index contributed by atoms with van der Waals surface area (Å²) in [4.78, 5) is 11.3. The van der Waals surface area contributed by atoms with Crippen LogP contribution in [0.1, 0.15) is 27.8 Å². The minimum absolute atomic E-state index is 0.289. The smallest absolute Gasteiger partial charge is 0.220 e. The molecule has 0 bridgehead atoms. The van der Waals surface area contributed by atoms with Crippen LogP contribution in [0.3, 0.4) is 0 Å². The van der Waals surface area contributed by atoms with Crippen LogP contribution in [-0.4, -0.2) is 26.2 Å². The summed E-state index contributed by atoms with van der Waals surface area (Å²) >= 11 is 4.82. The van der Waals surface area contributed by atoms with Gasteiger partial charge in [-0.05, 0) is 55.3 Å². The molecule has 4 rings (SSSR count). The van der Waals surface area contributed by atoms with Gasteiger partial charge in [-0.3, -0.25) is 14.7 Å². The van der Waals surface area contributed by atoms with Crippen molar-refractivity contribution in [2.75, 3.05) is 6.54 Å². The fourth-order valence-corrected chi connectivity index (χ4v) is 5.15. The van der Waals surface area contributed by atoms with Crippen molar-refractivity contribution in [1.82, 2.24) is 14.8 Å². The first kappa shape index (κ1) is 24.0. The van der Waals surface area contributed by atoms with E-state index < -0.39 is 5.25 Å². The molecule has 4 aromatic rings. The van der Waals surface area contributed by atoms with Crippen LogP contribution in [0.15, 0.2) is 82.4 Å². The Morgan fingerprint density at radius 3 is 2.59 bits per heavy atom. The van der Waals surface area contributed by atoms with Crippen molar-refractivity contribution < 1.29 is 9.66 Å². The topological polar surface area (TPSA) is 83.1 Å². The van der Waals surface area contributed by atoms with Gasteiger partial charge in [0.25, 0.3) is 0 Å². The highest BCUT2D eigenvalue weighted by atomic mass is 79.9.